The normalized spacial score (nSPS) is 11.0. The van der Waals surface area contributed by atoms with Gasteiger partial charge in [0.25, 0.3) is 0 Å². The average Bonchev–Trinajstić information content (AvgIpc) is 3.46. The van der Waals surface area contributed by atoms with Crippen LogP contribution >= 0.6 is 11.3 Å². The molecule has 3 aromatic carbocycles. The number of hydrogen-bond acceptors (Lipinski definition) is 3. The fourth-order valence-electron chi connectivity index (χ4n) is 3.91. The van der Waals surface area contributed by atoms with Crippen LogP contribution in [0.15, 0.2) is 90.4 Å². The molecule has 5 nitrogen and oxygen atoms in total. The summed E-state index contributed by atoms with van der Waals surface area (Å²) in [6, 6.07) is 24.0. The Morgan fingerprint density at radius 3 is 2.51 bits per heavy atom. The Balaban J connectivity index is 1.34. The van der Waals surface area contributed by atoms with Gasteiger partial charge in [0.1, 0.15) is 5.82 Å². The van der Waals surface area contributed by atoms with Gasteiger partial charge in [-0.2, -0.15) is 0 Å². The number of thiazole rings is 1. The maximum absolute atomic E-state index is 13.3. The van der Waals surface area contributed by atoms with Gasteiger partial charge in [0.2, 0.25) is 0 Å². The van der Waals surface area contributed by atoms with E-state index in [9.17, 15) is 9.18 Å². The first-order chi connectivity index (χ1) is 17.0. The van der Waals surface area contributed by atoms with Gasteiger partial charge in [0.15, 0.2) is 4.96 Å². The van der Waals surface area contributed by atoms with Crippen LogP contribution in [-0.4, -0.2) is 26.9 Å². The maximum atomic E-state index is 13.3. The SMILES string of the molecule is Cc1ccc(NC(=O)N(CCc2csc3nc(-c4ccc(F)cc4)cn23)Cc2ccccc2)cc1. The molecule has 0 unspecified atom stereocenters. The van der Waals surface area contributed by atoms with Gasteiger partial charge < -0.3 is 10.2 Å². The van der Waals surface area contributed by atoms with Crippen molar-refractivity contribution < 1.29 is 9.18 Å². The third kappa shape index (κ3) is 5.41. The van der Waals surface area contributed by atoms with E-state index in [1.165, 1.54) is 12.1 Å². The van der Waals surface area contributed by atoms with Gasteiger partial charge in [-0.15, -0.1) is 11.3 Å². The first kappa shape index (κ1) is 22.8. The highest BCUT2D eigenvalue weighted by Crippen LogP contribution is 2.24. The van der Waals surface area contributed by atoms with E-state index in [0.717, 1.165) is 38.7 Å². The van der Waals surface area contributed by atoms with E-state index in [0.29, 0.717) is 19.5 Å². The summed E-state index contributed by atoms with van der Waals surface area (Å²) in [4.78, 5) is 20.6. The average molecular weight is 485 g/mol. The largest absolute Gasteiger partial charge is 0.322 e. The van der Waals surface area contributed by atoms with E-state index in [1.807, 2.05) is 72.6 Å². The van der Waals surface area contributed by atoms with Crippen molar-refractivity contribution in [3.63, 3.8) is 0 Å². The minimum atomic E-state index is -0.266. The van der Waals surface area contributed by atoms with Crippen LogP contribution in [0.1, 0.15) is 16.8 Å². The van der Waals surface area contributed by atoms with Gasteiger partial charge in [0, 0.05) is 48.0 Å². The fraction of sp³-hybridized carbons (Fsp3) is 0.143. The number of aryl methyl sites for hydroxylation is 1. The summed E-state index contributed by atoms with van der Waals surface area (Å²) >= 11 is 1.56. The first-order valence-electron chi connectivity index (χ1n) is 11.4. The molecule has 0 aliphatic carbocycles. The van der Waals surface area contributed by atoms with Crippen LogP contribution in [0.2, 0.25) is 0 Å². The third-order valence-electron chi connectivity index (χ3n) is 5.87. The Hall–Kier alpha value is -3.97. The van der Waals surface area contributed by atoms with E-state index >= 15 is 0 Å². The molecule has 0 fully saturated rings. The summed E-state index contributed by atoms with van der Waals surface area (Å²) in [5, 5.41) is 5.11. The number of aromatic nitrogens is 2. The lowest BCUT2D eigenvalue weighted by Crippen LogP contribution is -2.36. The van der Waals surface area contributed by atoms with Crippen molar-refractivity contribution >= 4 is 28.0 Å². The number of benzene rings is 3. The number of fused-ring (bicyclic) bond motifs is 1. The van der Waals surface area contributed by atoms with E-state index in [1.54, 1.807) is 23.5 Å². The van der Waals surface area contributed by atoms with Gasteiger partial charge in [-0.3, -0.25) is 4.40 Å². The van der Waals surface area contributed by atoms with Crippen molar-refractivity contribution in [2.75, 3.05) is 11.9 Å². The van der Waals surface area contributed by atoms with Crippen molar-refractivity contribution in [3.8, 4) is 11.3 Å². The Bertz CT molecular complexity index is 1430. The van der Waals surface area contributed by atoms with Gasteiger partial charge >= 0.3 is 6.03 Å². The predicted molar refractivity (Wildman–Crippen MR) is 139 cm³/mol. The zero-order valence-corrected chi connectivity index (χ0v) is 20.1. The summed E-state index contributed by atoms with van der Waals surface area (Å²) < 4.78 is 15.4. The molecule has 0 saturated carbocycles. The summed E-state index contributed by atoms with van der Waals surface area (Å²) in [5.41, 5.74) is 5.74. The maximum Gasteiger partial charge on any atom is 0.322 e. The number of carbonyl (C=O) groups is 1. The molecule has 0 saturated heterocycles. The number of imidazole rings is 1. The molecule has 5 aromatic rings. The molecule has 35 heavy (non-hydrogen) atoms. The molecule has 0 atom stereocenters. The van der Waals surface area contributed by atoms with E-state index in [-0.39, 0.29) is 11.8 Å². The summed E-state index contributed by atoms with van der Waals surface area (Å²) in [6.07, 6.45) is 2.65. The Kier molecular flexibility index (Phi) is 6.59. The first-order valence-corrected chi connectivity index (χ1v) is 12.3. The molecule has 2 heterocycles. The van der Waals surface area contributed by atoms with E-state index in [2.05, 4.69) is 15.1 Å². The second-order valence-electron chi connectivity index (χ2n) is 8.47. The topological polar surface area (TPSA) is 49.6 Å². The molecule has 1 N–H and O–H groups in total. The minimum absolute atomic E-state index is 0.137. The number of nitrogens with zero attached hydrogens (tertiary/aromatic N) is 3. The number of amides is 2. The van der Waals surface area contributed by atoms with Crippen molar-refractivity contribution in [1.29, 1.82) is 0 Å². The molecule has 0 radical (unpaired) electrons. The lowest BCUT2D eigenvalue weighted by atomic mass is 10.2. The summed E-state index contributed by atoms with van der Waals surface area (Å²) in [6.45, 7) is 3.07. The zero-order valence-electron chi connectivity index (χ0n) is 19.3. The van der Waals surface area contributed by atoms with Crippen LogP contribution in [-0.2, 0) is 13.0 Å². The number of halogens is 1. The molecule has 176 valence electrons. The molecule has 0 spiro atoms. The number of nitrogens with one attached hydrogen (secondary N) is 1. The number of rotatable bonds is 7. The highest BCUT2D eigenvalue weighted by atomic mass is 32.1. The fourth-order valence-corrected chi connectivity index (χ4v) is 4.82. The van der Waals surface area contributed by atoms with Gasteiger partial charge in [-0.1, -0.05) is 48.0 Å². The smallest absolute Gasteiger partial charge is 0.320 e. The molecule has 5 rings (SSSR count). The predicted octanol–water partition coefficient (Wildman–Crippen LogP) is 6.79. The molecular weight excluding hydrogens is 459 g/mol. The van der Waals surface area contributed by atoms with Crippen LogP contribution in [0.4, 0.5) is 14.9 Å². The van der Waals surface area contributed by atoms with Crippen LogP contribution in [0.3, 0.4) is 0 Å². The molecule has 2 amide bonds. The van der Waals surface area contributed by atoms with E-state index < -0.39 is 0 Å². The second kappa shape index (κ2) is 10.1. The molecule has 0 aliphatic rings. The number of urea groups is 1. The van der Waals surface area contributed by atoms with Gasteiger partial charge in [0.05, 0.1) is 5.69 Å². The molecule has 2 aromatic heterocycles. The quantitative estimate of drug-likeness (QED) is 0.277. The van der Waals surface area contributed by atoms with Crippen LogP contribution in [0.5, 0.6) is 0 Å². The highest BCUT2D eigenvalue weighted by Gasteiger charge is 2.17. The second-order valence-corrected chi connectivity index (χ2v) is 9.30. The van der Waals surface area contributed by atoms with Crippen LogP contribution in [0.25, 0.3) is 16.2 Å². The van der Waals surface area contributed by atoms with Crippen molar-refractivity contribution in [2.24, 2.45) is 0 Å². The van der Waals surface area contributed by atoms with Crippen LogP contribution < -0.4 is 5.32 Å². The highest BCUT2D eigenvalue weighted by molar-refractivity contribution is 7.15. The minimum Gasteiger partial charge on any atom is -0.320 e. The summed E-state index contributed by atoms with van der Waals surface area (Å²) in [7, 11) is 0. The van der Waals surface area contributed by atoms with Gasteiger partial charge in [-0.05, 0) is 48.9 Å². The Morgan fingerprint density at radius 1 is 1.03 bits per heavy atom. The molecular formula is C28H25FN4OS. The number of anilines is 1. The molecule has 0 aliphatic heterocycles. The zero-order chi connectivity index (χ0) is 24.2. The Morgan fingerprint density at radius 2 is 1.77 bits per heavy atom. The van der Waals surface area contributed by atoms with E-state index in [4.69, 9.17) is 4.98 Å². The monoisotopic (exact) mass is 484 g/mol. The lowest BCUT2D eigenvalue weighted by molar-refractivity contribution is 0.209. The van der Waals surface area contributed by atoms with Crippen molar-refractivity contribution in [3.05, 3.63) is 113 Å². The molecule has 7 heteroatoms. The third-order valence-corrected chi connectivity index (χ3v) is 6.76. The number of carbonyl (C=O) groups excluding carboxylic acids is 1. The van der Waals surface area contributed by atoms with Crippen molar-refractivity contribution in [2.45, 2.75) is 19.9 Å². The standard InChI is InChI=1S/C28H25FN4OS/c1-20-7-13-24(14-8-20)30-27(34)32(17-21-5-3-2-4-6-21)16-15-25-19-35-28-31-26(18-33(25)28)22-9-11-23(29)12-10-22/h2-14,18-19H,15-17H2,1H3,(H,30,34). The van der Waals surface area contributed by atoms with Gasteiger partial charge in [-0.25, -0.2) is 14.2 Å². The lowest BCUT2D eigenvalue weighted by Gasteiger charge is -2.23. The number of hydrogen-bond donors (Lipinski definition) is 1. The molecule has 0 bridgehead atoms. The van der Waals surface area contributed by atoms with Crippen molar-refractivity contribution in [1.82, 2.24) is 14.3 Å². The summed E-state index contributed by atoms with van der Waals surface area (Å²) in [5.74, 6) is -0.266. The van der Waals surface area contributed by atoms with Crippen LogP contribution in [0, 0.1) is 12.7 Å². The Labute approximate surface area is 207 Å².